The molecule has 1 aliphatic carbocycles. The highest BCUT2D eigenvalue weighted by Crippen LogP contribution is 2.33. The summed E-state index contributed by atoms with van der Waals surface area (Å²) in [6.07, 6.45) is 5.18. The van der Waals surface area contributed by atoms with Gasteiger partial charge in [0.2, 0.25) is 0 Å². The highest BCUT2D eigenvalue weighted by Gasteiger charge is 2.37. The van der Waals surface area contributed by atoms with Gasteiger partial charge in [-0.25, -0.2) is 0 Å². The standard InChI is InChI=1S/C16H33N3/c1-5-19-8-6-14(7-9-19)18(4)16-13(3)10-12(2)11-15(16)17/h12-16H,5-11,17H2,1-4H3. The average molecular weight is 267 g/mol. The van der Waals surface area contributed by atoms with Crippen LogP contribution >= 0.6 is 0 Å². The fourth-order valence-corrected chi connectivity index (χ4v) is 4.49. The summed E-state index contributed by atoms with van der Waals surface area (Å²) in [6, 6.07) is 1.71. The predicted molar refractivity (Wildman–Crippen MR) is 82.2 cm³/mol. The van der Waals surface area contributed by atoms with Gasteiger partial charge in [-0.05, 0) is 64.2 Å². The van der Waals surface area contributed by atoms with E-state index < -0.39 is 0 Å². The maximum atomic E-state index is 6.47. The molecule has 19 heavy (non-hydrogen) atoms. The Morgan fingerprint density at radius 3 is 2.32 bits per heavy atom. The van der Waals surface area contributed by atoms with Gasteiger partial charge in [0.1, 0.15) is 0 Å². The van der Waals surface area contributed by atoms with E-state index in [0.717, 1.165) is 17.9 Å². The van der Waals surface area contributed by atoms with Gasteiger partial charge in [0, 0.05) is 18.1 Å². The van der Waals surface area contributed by atoms with Crippen molar-refractivity contribution >= 4 is 0 Å². The molecule has 0 amide bonds. The number of hydrogen-bond donors (Lipinski definition) is 1. The Morgan fingerprint density at radius 2 is 1.79 bits per heavy atom. The summed E-state index contributed by atoms with van der Waals surface area (Å²) in [7, 11) is 2.32. The van der Waals surface area contributed by atoms with Gasteiger partial charge in [-0.3, -0.25) is 4.90 Å². The molecular weight excluding hydrogens is 234 g/mol. The first kappa shape index (κ1) is 15.3. The number of likely N-dealkylation sites (tertiary alicyclic amines) is 1. The smallest absolute Gasteiger partial charge is 0.0272 e. The summed E-state index contributed by atoms with van der Waals surface area (Å²) in [6.45, 7) is 10.7. The molecule has 2 fully saturated rings. The zero-order chi connectivity index (χ0) is 14.0. The van der Waals surface area contributed by atoms with Gasteiger partial charge >= 0.3 is 0 Å². The number of likely N-dealkylation sites (N-methyl/N-ethyl adjacent to an activating group) is 1. The maximum absolute atomic E-state index is 6.47. The van der Waals surface area contributed by atoms with Crippen molar-refractivity contribution in [3.05, 3.63) is 0 Å². The van der Waals surface area contributed by atoms with Crippen LogP contribution in [0.5, 0.6) is 0 Å². The fraction of sp³-hybridized carbons (Fsp3) is 1.00. The number of nitrogens with zero attached hydrogens (tertiary/aromatic N) is 2. The Labute approximate surface area is 119 Å². The monoisotopic (exact) mass is 267 g/mol. The second-order valence-corrected chi connectivity index (χ2v) is 7.04. The quantitative estimate of drug-likeness (QED) is 0.850. The zero-order valence-electron chi connectivity index (χ0n) is 13.3. The molecule has 0 bridgehead atoms. The Hall–Kier alpha value is -0.120. The Morgan fingerprint density at radius 1 is 1.16 bits per heavy atom. The molecule has 1 heterocycles. The first-order chi connectivity index (χ1) is 9.02. The molecule has 3 nitrogen and oxygen atoms in total. The fourth-order valence-electron chi connectivity index (χ4n) is 4.49. The minimum absolute atomic E-state index is 0.368. The maximum Gasteiger partial charge on any atom is 0.0272 e. The van der Waals surface area contributed by atoms with Crippen molar-refractivity contribution < 1.29 is 0 Å². The van der Waals surface area contributed by atoms with Gasteiger partial charge in [-0.15, -0.1) is 0 Å². The Balaban J connectivity index is 1.93. The predicted octanol–water partition coefficient (Wildman–Crippen LogP) is 2.16. The summed E-state index contributed by atoms with van der Waals surface area (Å²) in [4.78, 5) is 5.20. The van der Waals surface area contributed by atoms with E-state index >= 15 is 0 Å². The summed E-state index contributed by atoms with van der Waals surface area (Å²) >= 11 is 0. The molecule has 1 saturated heterocycles. The molecule has 0 radical (unpaired) electrons. The molecule has 0 aromatic rings. The Bertz CT molecular complexity index is 261. The van der Waals surface area contributed by atoms with Crippen molar-refractivity contribution in [1.29, 1.82) is 0 Å². The van der Waals surface area contributed by atoms with Gasteiger partial charge in [0.05, 0.1) is 0 Å². The van der Waals surface area contributed by atoms with E-state index in [9.17, 15) is 0 Å². The molecule has 112 valence electrons. The van der Waals surface area contributed by atoms with E-state index in [1.165, 1.54) is 45.3 Å². The molecule has 1 aliphatic heterocycles. The molecule has 2 N–H and O–H groups in total. The van der Waals surface area contributed by atoms with Gasteiger partial charge in [-0.2, -0.15) is 0 Å². The second kappa shape index (κ2) is 6.55. The lowest BCUT2D eigenvalue weighted by atomic mass is 9.75. The van der Waals surface area contributed by atoms with Crippen LogP contribution in [0.25, 0.3) is 0 Å². The highest BCUT2D eigenvalue weighted by atomic mass is 15.2. The number of nitrogens with two attached hydrogens (primary N) is 1. The van der Waals surface area contributed by atoms with Crippen molar-refractivity contribution in [1.82, 2.24) is 9.80 Å². The van der Waals surface area contributed by atoms with Gasteiger partial charge in [0.15, 0.2) is 0 Å². The first-order valence-electron chi connectivity index (χ1n) is 8.22. The molecule has 4 atom stereocenters. The normalized spacial score (nSPS) is 38.8. The number of rotatable bonds is 3. The van der Waals surface area contributed by atoms with Crippen molar-refractivity contribution in [2.24, 2.45) is 17.6 Å². The SMILES string of the molecule is CCN1CCC(N(C)C2C(C)CC(C)CC2N)CC1. The van der Waals surface area contributed by atoms with E-state index in [4.69, 9.17) is 5.73 Å². The molecule has 0 aromatic carbocycles. The van der Waals surface area contributed by atoms with Crippen molar-refractivity contribution in [3.8, 4) is 0 Å². The van der Waals surface area contributed by atoms with Crippen molar-refractivity contribution in [2.75, 3.05) is 26.7 Å². The second-order valence-electron chi connectivity index (χ2n) is 7.04. The summed E-state index contributed by atoms with van der Waals surface area (Å²) in [5.41, 5.74) is 6.47. The van der Waals surface area contributed by atoms with Crippen molar-refractivity contribution in [3.63, 3.8) is 0 Å². The molecule has 2 aliphatic rings. The van der Waals surface area contributed by atoms with Crippen LogP contribution in [0.2, 0.25) is 0 Å². The van der Waals surface area contributed by atoms with E-state index in [0.29, 0.717) is 12.1 Å². The molecule has 0 spiro atoms. The molecular formula is C16H33N3. The third-order valence-corrected chi connectivity index (χ3v) is 5.52. The van der Waals surface area contributed by atoms with Crippen LogP contribution in [-0.4, -0.2) is 54.6 Å². The van der Waals surface area contributed by atoms with Crippen LogP contribution in [0.4, 0.5) is 0 Å². The molecule has 0 aromatic heterocycles. The van der Waals surface area contributed by atoms with E-state index in [1.807, 2.05) is 0 Å². The molecule has 2 rings (SSSR count). The third-order valence-electron chi connectivity index (χ3n) is 5.52. The van der Waals surface area contributed by atoms with Crippen molar-refractivity contribution in [2.45, 2.75) is 64.6 Å². The van der Waals surface area contributed by atoms with Crippen LogP contribution in [0, 0.1) is 11.8 Å². The van der Waals surface area contributed by atoms with E-state index in [1.54, 1.807) is 0 Å². The van der Waals surface area contributed by atoms with Crippen LogP contribution < -0.4 is 5.73 Å². The van der Waals surface area contributed by atoms with Crippen LogP contribution in [-0.2, 0) is 0 Å². The topological polar surface area (TPSA) is 32.5 Å². The van der Waals surface area contributed by atoms with Crippen LogP contribution in [0.1, 0.15) is 46.5 Å². The molecule has 3 heteroatoms. The summed E-state index contributed by atoms with van der Waals surface area (Å²) in [5.74, 6) is 1.55. The minimum Gasteiger partial charge on any atom is -0.326 e. The lowest BCUT2D eigenvalue weighted by molar-refractivity contribution is 0.0358. The molecule has 1 saturated carbocycles. The number of piperidine rings is 1. The average Bonchev–Trinajstić information content (AvgIpc) is 2.37. The summed E-state index contributed by atoms with van der Waals surface area (Å²) < 4.78 is 0. The van der Waals surface area contributed by atoms with Crippen LogP contribution in [0.15, 0.2) is 0 Å². The first-order valence-corrected chi connectivity index (χ1v) is 8.22. The minimum atomic E-state index is 0.368. The van der Waals surface area contributed by atoms with Crippen LogP contribution in [0.3, 0.4) is 0 Å². The van der Waals surface area contributed by atoms with E-state index in [-0.39, 0.29) is 0 Å². The zero-order valence-corrected chi connectivity index (χ0v) is 13.3. The number of hydrogen-bond acceptors (Lipinski definition) is 3. The van der Waals surface area contributed by atoms with Gasteiger partial charge in [0.25, 0.3) is 0 Å². The highest BCUT2D eigenvalue weighted by molar-refractivity contribution is 4.94. The molecule has 4 unspecified atom stereocenters. The van der Waals surface area contributed by atoms with E-state index in [2.05, 4.69) is 37.6 Å². The Kier molecular flexibility index (Phi) is 5.27. The summed E-state index contributed by atoms with van der Waals surface area (Å²) in [5, 5.41) is 0. The van der Waals surface area contributed by atoms with Gasteiger partial charge in [-0.1, -0.05) is 20.8 Å². The van der Waals surface area contributed by atoms with Gasteiger partial charge < -0.3 is 10.6 Å². The lowest BCUT2D eigenvalue weighted by Gasteiger charge is -2.47. The third kappa shape index (κ3) is 3.50. The lowest BCUT2D eigenvalue weighted by Crippen LogP contribution is -2.58. The largest absolute Gasteiger partial charge is 0.326 e.